The molecule has 2 heteroatoms. The number of aromatic amines is 1. The van der Waals surface area contributed by atoms with Crippen molar-refractivity contribution in [2.45, 2.75) is 13.8 Å². The number of aromatic nitrogens is 1. The molecule has 0 spiro atoms. The van der Waals surface area contributed by atoms with Crippen LogP contribution in [-0.2, 0) is 0 Å². The predicted octanol–water partition coefficient (Wildman–Crippen LogP) is 4.03. The molecule has 0 fully saturated rings. The van der Waals surface area contributed by atoms with Gasteiger partial charge in [0.15, 0.2) is 0 Å². The minimum Gasteiger partial charge on any atom is -0.361 e. The van der Waals surface area contributed by atoms with Crippen molar-refractivity contribution >= 4 is 12.2 Å². The highest BCUT2D eigenvalue weighted by Crippen LogP contribution is 2.23. The summed E-state index contributed by atoms with van der Waals surface area (Å²) in [5.41, 5.74) is 4.91. The molecule has 0 unspecified atom stereocenters. The fraction of sp³-hybridized carbons (Fsp3) is 0.154. The van der Waals surface area contributed by atoms with Crippen LogP contribution in [0.4, 0.5) is 0 Å². The molecular weight excluding hydrogens is 202 g/mol. The molecule has 0 atom stereocenters. The van der Waals surface area contributed by atoms with Crippen LogP contribution in [-0.4, -0.2) is 4.98 Å². The zero-order chi connectivity index (χ0) is 10.8. The SMILES string of the molecule is Cc1cccc(-c2cc(=S)cc[nH]2)c1C. The van der Waals surface area contributed by atoms with E-state index in [1.807, 2.05) is 18.3 Å². The van der Waals surface area contributed by atoms with Crippen molar-refractivity contribution in [1.82, 2.24) is 4.98 Å². The fourth-order valence-electron chi connectivity index (χ4n) is 1.64. The first kappa shape index (κ1) is 10.1. The van der Waals surface area contributed by atoms with Gasteiger partial charge in [0.1, 0.15) is 0 Å². The van der Waals surface area contributed by atoms with Gasteiger partial charge in [0.05, 0.1) is 0 Å². The number of rotatable bonds is 1. The lowest BCUT2D eigenvalue weighted by molar-refractivity contribution is 1.27. The molecule has 0 bridgehead atoms. The van der Waals surface area contributed by atoms with Gasteiger partial charge in [-0.1, -0.05) is 30.4 Å². The first-order chi connectivity index (χ1) is 7.18. The van der Waals surface area contributed by atoms with Crippen molar-refractivity contribution in [3.05, 3.63) is 52.2 Å². The minimum atomic E-state index is 0.865. The van der Waals surface area contributed by atoms with Crippen molar-refractivity contribution < 1.29 is 0 Å². The van der Waals surface area contributed by atoms with Crippen LogP contribution in [0.25, 0.3) is 11.3 Å². The van der Waals surface area contributed by atoms with Gasteiger partial charge < -0.3 is 4.98 Å². The second kappa shape index (κ2) is 3.99. The molecule has 0 radical (unpaired) electrons. The standard InChI is InChI=1S/C13H13NS/c1-9-4-3-5-12(10(9)2)13-8-11(15)6-7-14-13/h3-8H,1-2H3,(H,14,15). The number of hydrogen-bond acceptors (Lipinski definition) is 1. The number of hydrogen-bond donors (Lipinski definition) is 1. The van der Waals surface area contributed by atoms with Crippen molar-refractivity contribution in [3.8, 4) is 11.3 Å². The Balaban J connectivity index is 2.64. The highest BCUT2D eigenvalue weighted by molar-refractivity contribution is 7.71. The predicted molar refractivity (Wildman–Crippen MR) is 66.5 cm³/mol. The topological polar surface area (TPSA) is 15.8 Å². The molecule has 0 aliphatic carbocycles. The monoisotopic (exact) mass is 215 g/mol. The van der Waals surface area contributed by atoms with Crippen molar-refractivity contribution in [2.24, 2.45) is 0 Å². The third kappa shape index (κ3) is 2.00. The van der Waals surface area contributed by atoms with E-state index in [4.69, 9.17) is 12.2 Å². The summed E-state index contributed by atoms with van der Waals surface area (Å²) in [6, 6.07) is 10.2. The summed E-state index contributed by atoms with van der Waals surface area (Å²) in [7, 11) is 0. The van der Waals surface area contributed by atoms with Crippen LogP contribution in [0.5, 0.6) is 0 Å². The van der Waals surface area contributed by atoms with Gasteiger partial charge in [-0.05, 0) is 37.1 Å². The Morgan fingerprint density at radius 1 is 1.13 bits per heavy atom. The average Bonchev–Trinajstić information content (AvgIpc) is 2.22. The van der Waals surface area contributed by atoms with Gasteiger partial charge in [-0.25, -0.2) is 0 Å². The van der Waals surface area contributed by atoms with Gasteiger partial charge in [-0.15, -0.1) is 0 Å². The third-order valence-corrected chi connectivity index (χ3v) is 2.92. The summed E-state index contributed by atoms with van der Waals surface area (Å²) < 4.78 is 0.865. The van der Waals surface area contributed by atoms with Gasteiger partial charge in [-0.3, -0.25) is 0 Å². The summed E-state index contributed by atoms with van der Waals surface area (Å²) in [5.74, 6) is 0. The van der Waals surface area contributed by atoms with E-state index in [1.165, 1.54) is 16.7 Å². The summed E-state index contributed by atoms with van der Waals surface area (Å²) in [4.78, 5) is 3.23. The number of pyridine rings is 1. The molecule has 76 valence electrons. The second-order valence-electron chi connectivity index (χ2n) is 3.69. The Labute approximate surface area is 94.8 Å². The molecule has 1 N–H and O–H groups in total. The van der Waals surface area contributed by atoms with E-state index in [0.717, 1.165) is 10.2 Å². The molecule has 1 heterocycles. The van der Waals surface area contributed by atoms with Gasteiger partial charge in [-0.2, -0.15) is 0 Å². The summed E-state index contributed by atoms with van der Waals surface area (Å²) >= 11 is 5.16. The van der Waals surface area contributed by atoms with E-state index in [1.54, 1.807) is 0 Å². The molecule has 0 saturated heterocycles. The molecule has 0 saturated carbocycles. The molecular formula is C13H13NS. The lowest BCUT2D eigenvalue weighted by Gasteiger charge is -2.08. The van der Waals surface area contributed by atoms with Crippen LogP contribution in [0.2, 0.25) is 0 Å². The molecule has 2 rings (SSSR count). The first-order valence-electron chi connectivity index (χ1n) is 4.94. The zero-order valence-corrected chi connectivity index (χ0v) is 9.69. The van der Waals surface area contributed by atoms with Crippen molar-refractivity contribution in [1.29, 1.82) is 0 Å². The maximum Gasteiger partial charge on any atom is 0.0470 e. The highest BCUT2D eigenvalue weighted by Gasteiger charge is 2.02. The second-order valence-corrected chi connectivity index (χ2v) is 4.16. The van der Waals surface area contributed by atoms with Crippen molar-refractivity contribution in [2.75, 3.05) is 0 Å². The number of nitrogens with one attached hydrogen (secondary N) is 1. The number of H-pyrrole nitrogens is 1. The average molecular weight is 215 g/mol. The minimum absolute atomic E-state index is 0.865. The Hall–Kier alpha value is -1.41. The largest absolute Gasteiger partial charge is 0.361 e. The first-order valence-corrected chi connectivity index (χ1v) is 5.34. The Morgan fingerprint density at radius 2 is 1.93 bits per heavy atom. The molecule has 1 aromatic carbocycles. The van der Waals surface area contributed by atoms with E-state index in [2.05, 4.69) is 37.0 Å². The van der Waals surface area contributed by atoms with Crippen LogP contribution < -0.4 is 0 Å². The van der Waals surface area contributed by atoms with Crippen LogP contribution in [0.3, 0.4) is 0 Å². The lowest BCUT2D eigenvalue weighted by Crippen LogP contribution is -1.89. The summed E-state index contributed by atoms with van der Waals surface area (Å²) in [6.07, 6.45) is 1.89. The van der Waals surface area contributed by atoms with E-state index >= 15 is 0 Å². The molecule has 0 aliphatic rings. The Kier molecular flexibility index (Phi) is 2.69. The van der Waals surface area contributed by atoms with Gasteiger partial charge >= 0.3 is 0 Å². The molecule has 0 amide bonds. The van der Waals surface area contributed by atoms with Gasteiger partial charge in [0.2, 0.25) is 0 Å². The van der Waals surface area contributed by atoms with E-state index in [0.29, 0.717) is 0 Å². The van der Waals surface area contributed by atoms with Crippen LogP contribution in [0.1, 0.15) is 11.1 Å². The fourth-order valence-corrected chi connectivity index (χ4v) is 1.83. The van der Waals surface area contributed by atoms with E-state index in [-0.39, 0.29) is 0 Å². The number of benzene rings is 1. The van der Waals surface area contributed by atoms with Crippen LogP contribution in [0.15, 0.2) is 36.5 Å². The molecule has 1 aromatic heterocycles. The molecule has 1 nitrogen and oxygen atoms in total. The van der Waals surface area contributed by atoms with Crippen molar-refractivity contribution in [3.63, 3.8) is 0 Å². The Bertz CT molecular complexity index is 540. The third-order valence-electron chi connectivity index (χ3n) is 2.67. The lowest BCUT2D eigenvalue weighted by atomic mass is 10.0. The maximum atomic E-state index is 5.16. The van der Waals surface area contributed by atoms with Gasteiger partial charge in [0, 0.05) is 22.0 Å². The molecule has 2 aromatic rings. The highest BCUT2D eigenvalue weighted by atomic mass is 32.1. The molecule has 0 aliphatic heterocycles. The van der Waals surface area contributed by atoms with E-state index < -0.39 is 0 Å². The summed E-state index contributed by atoms with van der Waals surface area (Å²) in [6.45, 7) is 4.25. The van der Waals surface area contributed by atoms with E-state index in [9.17, 15) is 0 Å². The number of aryl methyl sites for hydroxylation is 1. The quantitative estimate of drug-likeness (QED) is 0.710. The summed E-state index contributed by atoms with van der Waals surface area (Å²) in [5, 5.41) is 0. The molecule has 15 heavy (non-hydrogen) atoms. The van der Waals surface area contributed by atoms with Crippen LogP contribution >= 0.6 is 12.2 Å². The maximum absolute atomic E-state index is 5.16. The van der Waals surface area contributed by atoms with Crippen LogP contribution in [0, 0.1) is 18.4 Å². The Morgan fingerprint density at radius 3 is 2.67 bits per heavy atom. The zero-order valence-electron chi connectivity index (χ0n) is 8.87. The van der Waals surface area contributed by atoms with Gasteiger partial charge in [0.25, 0.3) is 0 Å². The smallest absolute Gasteiger partial charge is 0.0470 e. The normalized spacial score (nSPS) is 10.3.